The van der Waals surface area contributed by atoms with Crippen LogP contribution < -0.4 is 11.1 Å². The van der Waals surface area contributed by atoms with Crippen LogP contribution >= 0.6 is 0 Å². The Morgan fingerprint density at radius 1 is 1.15 bits per heavy atom. The molecule has 0 unspecified atom stereocenters. The zero-order valence-electron chi connectivity index (χ0n) is 13.2. The predicted molar refractivity (Wildman–Crippen MR) is 84.5 cm³/mol. The van der Waals surface area contributed by atoms with E-state index in [0.717, 1.165) is 18.4 Å². The number of rotatable bonds is 7. The third-order valence-corrected chi connectivity index (χ3v) is 4.62. The smallest absolute Gasteiger partial charge is 0.230 e. The van der Waals surface area contributed by atoms with E-state index in [2.05, 4.69) is 19.2 Å². The van der Waals surface area contributed by atoms with Crippen molar-refractivity contribution in [3.8, 4) is 0 Å². The van der Waals surface area contributed by atoms with E-state index in [1.54, 1.807) is 0 Å². The predicted octanol–water partition coefficient (Wildman–Crippen LogP) is 2.85. The van der Waals surface area contributed by atoms with Crippen molar-refractivity contribution in [3.05, 3.63) is 35.9 Å². The molecule has 3 N–H and O–H groups in total. The molecule has 1 aromatic carbocycles. The standard InChI is InChI=1S/C17H28N2O/c1-5-17(6-2,12-18)13-19-15(20)16(3,4)14-10-8-7-9-11-14/h7-11H,5-6,12-13,18H2,1-4H3,(H,19,20). The Balaban J connectivity index is 2.76. The van der Waals surface area contributed by atoms with Gasteiger partial charge < -0.3 is 11.1 Å². The van der Waals surface area contributed by atoms with E-state index in [4.69, 9.17) is 5.73 Å². The Labute approximate surface area is 122 Å². The average molecular weight is 276 g/mol. The van der Waals surface area contributed by atoms with Crippen molar-refractivity contribution in [1.82, 2.24) is 5.32 Å². The molecule has 0 aliphatic heterocycles. The summed E-state index contributed by atoms with van der Waals surface area (Å²) in [6.45, 7) is 9.42. The molecule has 0 saturated heterocycles. The summed E-state index contributed by atoms with van der Waals surface area (Å²) < 4.78 is 0. The number of carbonyl (C=O) groups is 1. The minimum atomic E-state index is -0.525. The van der Waals surface area contributed by atoms with Crippen molar-refractivity contribution >= 4 is 5.91 Å². The van der Waals surface area contributed by atoms with Crippen LogP contribution in [0.4, 0.5) is 0 Å². The van der Waals surface area contributed by atoms with Crippen LogP contribution in [-0.2, 0) is 10.2 Å². The van der Waals surface area contributed by atoms with Gasteiger partial charge in [-0.1, -0.05) is 44.2 Å². The van der Waals surface area contributed by atoms with Gasteiger partial charge in [0.1, 0.15) is 0 Å². The first-order chi connectivity index (χ1) is 9.41. The molecule has 1 rings (SSSR count). The van der Waals surface area contributed by atoms with Gasteiger partial charge in [0.25, 0.3) is 0 Å². The van der Waals surface area contributed by atoms with Crippen LogP contribution in [0.2, 0.25) is 0 Å². The Kier molecular flexibility index (Phi) is 5.75. The molecule has 3 heteroatoms. The van der Waals surface area contributed by atoms with Gasteiger partial charge in [-0.05, 0) is 44.2 Å². The molecular formula is C17H28N2O. The fraction of sp³-hybridized carbons (Fsp3) is 0.588. The molecule has 0 radical (unpaired) electrons. The second-order valence-electron chi connectivity index (χ2n) is 6.08. The van der Waals surface area contributed by atoms with Crippen molar-refractivity contribution in [1.29, 1.82) is 0 Å². The minimum absolute atomic E-state index is 0.0163. The second-order valence-corrected chi connectivity index (χ2v) is 6.08. The molecule has 0 aliphatic carbocycles. The molecule has 0 heterocycles. The normalized spacial score (nSPS) is 12.2. The molecule has 0 bridgehead atoms. The van der Waals surface area contributed by atoms with E-state index < -0.39 is 5.41 Å². The second kappa shape index (κ2) is 6.89. The fourth-order valence-electron chi connectivity index (χ4n) is 2.34. The van der Waals surface area contributed by atoms with E-state index in [-0.39, 0.29) is 11.3 Å². The highest BCUT2D eigenvalue weighted by atomic mass is 16.2. The molecule has 3 nitrogen and oxygen atoms in total. The first-order valence-electron chi connectivity index (χ1n) is 7.46. The van der Waals surface area contributed by atoms with Crippen molar-refractivity contribution in [2.24, 2.45) is 11.1 Å². The van der Waals surface area contributed by atoms with Crippen LogP contribution in [0.25, 0.3) is 0 Å². The van der Waals surface area contributed by atoms with Gasteiger partial charge in [0.15, 0.2) is 0 Å². The molecule has 1 aromatic rings. The Bertz CT molecular complexity index is 414. The summed E-state index contributed by atoms with van der Waals surface area (Å²) in [5.74, 6) is 0.0587. The SMILES string of the molecule is CCC(CC)(CN)CNC(=O)C(C)(C)c1ccccc1. The van der Waals surface area contributed by atoms with Crippen LogP contribution in [0.1, 0.15) is 46.1 Å². The number of carbonyl (C=O) groups excluding carboxylic acids is 1. The van der Waals surface area contributed by atoms with E-state index in [1.165, 1.54) is 0 Å². The number of hydrogen-bond acceptors (Lipinski definition) is 2. The molecule has 112 valence electrons. The maximum atomic E-state index is 12.5. The van der Waals surface area contributed by atoms with Crippen molar-refractivity contribution in [3.63, 3.8) is 0 Å². The van der Waals surface area contributed by atoms with Crippen molar-refractivity contribution < 1.29 is 4.79 Å². The third kappa shape index (κ3) is 3.60. The lowest BCUT2D eigenvalue weighted by Gasteiger charge is -2.32. The summed E-state index contributed by atoms with van der Waals surface area (Å²) in [7, 11) is 0. The molecule has 20 heavy (non-hydrogen) atoms. The summed E-state index contributed by atoms with van der Waals surface area (Å²) >= 11 is 0. The highest BCUT2D eigenvalue weighted by Gasteiger charge is 2.32. The van der Waals surface area contributed by atoms with Gasteiger partial charge in [-0.2, -0.15) is 0 Å². The highest BCUT2D eigenvalue weighted by Crippen LogP contribution is 2.26. The molecule has 0 saturated carbocycles. The van der Waals surface area contributed by atoms with Gasteiger partial charge in [0.05, 0.1) is 5.41 Å². The molecular weight excluding hydrogens is 248 g/mol. The summed E-state index contributed by atoms with van der Waals surface area (Å²) in [6.07, 6.45) is 1.96. The first-order valence-corrected chi connectivity index (χ1v) is 7.46. The molecule has 0 aliphatic rings. The molecule has 1 amide bonds. The van der Waals surface area contributed by atoms with Crippen molar-refractivity contribution in [2.45, 2.75) is 46.0 Å². The zero-order valence-corrected chi connectivity index (χ0v) is 13.2. The maximum absolute atomic E-state index is 12.5. The maximum Gasteiger partial charge on any atom is 0.230 e. The summed E-state index contributed by atoms with van der Waals surface area (Å²) in [5, 5.41) is 3.10. The van der Waals surface area contributed by atoms with Crippen LogP contribution in [0.15, 0.2) is 30.3 Å². The molecule has 0 atom stereocenters. The minimum Gasteiger partial charge on any atom is -0.355 e. The van der Waals surface area contributed by atoms with Gasteiger partial charge >= 0.3 is 0 Å². The largest absolute Gasteiger partial charge is 0.355 e. The number of benzene rings is 1. The molecule has 0 fully saturated rings. The lowest BCUT2D eigenvalue weighted by atomic mass is 9.80. The van der Waals surface area contributed by atoms with Gasteiger partial charge in [0, 0.05) is 6.54 Å². The lowest BCUT2D eigenvalue weighted by molar-refractivity contribution is -0.126. The molecule has 0 aromatic heterocycles. The molecule has 0 spiro atoms. The number of nitrogens with one attached hydrogen (secondary N) is 1. The first kappa shape index (κ1) is 16.7. The summed E-state index contributed by atoms with van der Waals surface area (Å²) in [6, 6.07) is 9.88. The number of hydrogen-bond donors (Lipinski definition) is 2. The average Bonchev–Trinajstić information content (AvgIpc) is 2.49. The lowest BCUT2D eigenvalue weighted by Crippen LogP contribution is -2.47. The fourth-order valence-corrected chi connectivity index (χ4v) is 2.34. The van der Waals surface area contributed by atoms with E-state index in [1.807, 2.05) is 44.2 Å². The van der Waals surface area contributed by atoms with Gasteiger partial charge in [-0.3, -0.25) is 4.79 Å². The van der Waals surface area contributed by atoms with Crippen LogP contribution in [-0.4, -0.2) is 19.0 Å². The highest BCUT2D eigenvalue weighted by molar-refractivity contribution is 5.87. The topological polar surface area (TPSA) is 55.1 Å². The van der Waals surface area contributed by atoms with E-state index in [0.29, 0.717) is 13.1 Å². The zero-order chi connectivity index (χ0) is 15.2. The van der Waals surface area contributed by atoms with E-state index >= 15 is 0 Å². The van der Waals surface area contributed by atoms with Crippen LogP contribution in [0.3, 0.4) is 0 Å². The summed E-state index contributed by atoms with van der Waals surface area (Å²) in [4.78, 5) is 12.5. The Hall–Kier alpha value is -1.35. The monoisotopic (exact) mass is 276 g/mol. The number of nitrogens with two attached hydrogens (primary N) is 1. The number of amides is 1. The quantitative estimate of drug-likeness (QED) is 0.804. The Morgan fingerprint density at radius 2 is 1.70 bits per heavy atom. The van der Waals surface area contributed by atoms with Crippen molar-refractivity contribution in [2.75, 3.05) is 13.1 Å². The van der Waals surface area contributed by atoms with Crippen LogP contribution in [0, 0.1) is 5.41 Å². The van der Waals surface area contributed by atoms with E-state index in [9.17, 15) is 4.79 Å². The van der Waals surface area contributed by atoms with Crippen LogP contribution in [0.5, 0.6) is 0 Å². The Morgan fingerprint density at radius 3 is 2.15 bits per heavy atom. The summed E-state index contributed by atoms with van der Waals surface area (Å²) in [5.41, 5.74) is 6.41. The van der Waals surface area contributed by atoms with Gasteiger partial charge in [0.2, 0.25) is 5.91 Å². The third-order valence-electron chi connectivity index (χ3n) is 4.62. The van der Waals surface area contributed by atoms with Gasteiger partial charge in [-0.15, -0.1) is 0 Å². The van der Waals surface area contributed by atoms with Gasteiger partial charge in [-0.25, -0.2) is 0 Å².